The van der Waals surface area contributed by atoms with Gasteiger partial charge in [0.1, 0.15) is 0 Å². The minimum Gasteiger partial charge on any atom is -0.396 e. The zero-order valence-corrected chi connectivity index (χ0v) is 11.0. The van der Waals surface area contributed by atoms with Crippen molar-refractivity contribution in [1.82, 2.24) is 10.2 Å². The SMILES string of the molecule is Cc1ccc(Nc2nnc(SCCO)s2)cc1. The van der Waals surface area contributed by atoms with Crippen LogP contribution in [0, 0.1) is 6.92 Å². The van der Waals surface area contributed by atoms with Crippen LogP contribution in [0.15, 0.2) is 28.6 Å². The van der Waals surface area contributed by atoms with Crippen LogP contribution in [0.5, 0.6) is 0 Å². The highest BCUT2D eigenvalue weighted by Crippen LogP contribution is 2.27. The molecule has 0 amide bonds. The van der Waals surface area contributed by atoms with E-state index in [9.17, 15) is 0 Å². The molecule has 0 spiro atoms. The molecule has 0 saturated heterocycles. The summed E-state index contributed by atoms with van der Waals surface area (Å²) in [6.45, 7) is 2.21. The Hall–Kier alpha value is -1.11. The number of aromatic nitrogens is 2. The second-order valence-electron chi connectivity index (χ2n) is 3.44. The van der Waals surface area contributed by atoms with Crippen LogP contribution in [0.25, 0.3) is 0 Å². The third kappa shape index (κ3) is 3.69. The summed E-state index contributed by atoms with van der Waals surface area (Å²) in [5, 5.41) is 20.8. The number of aliphatic hydroxyl groups is 1. The average molecular weight is 267 g/mol. The molecule has 0 saturated carbocycles. The molecule has 2 N–H and O–H groups in total. The minimum atomic E-state index is 0.158. The van der Waals surface area contributed by atoms with E-state index >= 15 is 0 Å². The first-order valence-corrected chi connectivity index (χ1v) is 6.99. The van der Waals surface area contributed by atoms with Gasteiger partial charge in [0.15, 0.2) is 4.34 Å². The van der Waals surface area contributed by atoms with Crippen molar-refractivity contribution in [2.45, 2.75) is 11.3 Å². The van der Waals surface area contributed by atoms with E-state index in [-0.39, 0.29) is 6.61 Å². The fraction of sp³-hybridized carbons (Fsp3) is 0.273. The van der Waals surface area contributed by atoms with Crippen LogP contribution in [-0.2, 0) is 0 Å². The molecule has 0 bridgehead atoms. The smallest absolute Gasteiger partial charge is 0.210 e. The molecule has 2 rings (SSSR count). The molecule has 90 valence electrons. The Kier molecular flexibility index (Phi) is 4.36. The second-order valence-corrected chi connectivity index (χ2v) is 5.76. The van der Waals surface area contributed by atoms with Crippen LogP contribution in [0.1, 0.15) is 5.56 Å². The van der Waals surface area contributed by atoms with Crippen LogP contribution in [0.2, 0.25) is 0 Å². The van der Waals surface area contributed by atoms with E-state index in [0.717, 1.165) is 15.2 Å². The summed E-state index contributed by atoms with van der Waals surface area (Å²) < 4.78 is 0.869. The molecular formula is C11H13N3OS2. The molecule has 17 heavy (non-hydrogen) atoms. The highest BCUT2D eigenvalue weighted by Gasteiger charge is 2.04. The van der Waals surface area contributed by atoms with Gasteiger partial charge in [0.2, 0.25) is 5.13 Å². The largest absolute Gasteiger partial charge is 0.396 e. The van der Waals surface area contributed by atoms with E-state index in [0.29, 0.717) is 5.75 Å². The summed E-state index contributed by atoms with van der Waals surface area (Å²) in [4.78, 5) is 0. The van der Waals surface area contributed by atoms with E-state index in [2.05, 4.69) is 22.4 Å². The standard InChI is InChI=1S/C11H13N3OS2/c1-8-2-4-9(5-3-8)12-10-13-14-11(17-10)16-7-6-15/h2-5,15H,6-7H2,1H3,(H,12,13). The number of anilines is 2. The molecule has 0 atom stereocenters. The van der Waals surface area contributed by atoms with Gasteiger partial charge >= 0.3 is 0 Å². The monoisotopic (exact) mass is 267 g/mol. The third-order valence-corrected chi connectivity index (χ3v) is 3.98. The lowest BCUT2D eigenvalue weighted by atomic mass is 10.2. The van der Waals surface area contributed by atoms with E-state index in [1.54, 1.807) is 0 Å². The van der Waals surface area contributed by atoms with Gasteiger partial charge in [-0.15, -0.1) is 10.2 Å². The quantitative estimate of drug-likeness (QED) is 0.816. The molecule has 4 nitrogen and oxygen atoms in total. The van der Waals surface area contributed by atoms with Crippen LogP contribution in [-0.4, -0.2) is 27.7 Å². The summed E-state index contributed by atoms with van der Waals surface area (Å²) in [5.41, 5.74) is 2.23. The molecule has 0 unspecified atom stereocenters. The van der Waals surface area contributed by atoms with Gasteiger partial charge in [-0.3, -0.25) is 0 Å². The van der Waals surface area contributed by atoms with Crippen molar-refractivity contribution in [3.63, 3.8) is 0 Å². The van der Waals surface area contributed by atoms with Crippen LogP contribution in [0.3, 0.4) is 0 Å². The molecule has 0 aliphatic carbocycles. The second kappa shape index (κ2) is 6.00. The molecule has 1 aromatic carbocycles. The minimum absolute atomic E-state index is 0.158. The summed E-state index contributed by atoms with van der Waals surface area (Å²) in [5.74, 6) is 0.652. The molecular weight excluding hydrogens is 254 g/mol. The predicted octanol–water partition coefficient (Wildman–Crippen LogP) is 2.67. The van der Waals surface area contributed by atoms with Crippen LogP contribution >= 0.6 is 23.1 Å². The predicted molar refractivity (Wildman–Crippen MR) is 72.2 cm³/mol. The Balaban J connectivity index is 1.98. The maximum atomic E-state index is 8.72. The Morgan fingerprint density at radius 2 is 2.06 bits per heavy atom. The first-order valence-electron chi connectivity index (χ1n) is 5.19. The highest BCUT2D eigenvalue weighted by molar-refractivity contribution is 8.01. The molecule has 1 heterocycles. The zero-order valence-electron chi connectivity index (χ0n) is 9.38. The van der Waals surface area contributed by atoms with Crippen molar-refractivity contribution in [3.8, 4) is 0 Å². The number of hydrogen-bond acceptors (Lipinski definition) is 6. The number of nitrogens with one attached hydrogen (secondary N) is 1. The molecule has 0 fully saturated rings. The van der Waals surface area contributed by atoms with Crippen LogP contribution in [0.4, 0.5) is 10.8 Å². The van der Waals surface area contributed by atoms with E-state index in [1.165, 1.54) is 28.7 Å². The number of thioether (sulfide) groups is 1. The summed E-state index contributed by atoms with van der Waals surface area (Å²) in [6, 6.07) is 8.12. The van der Waals surface area contributed by atoms with Gasteiger partial charge in [-0.25, -0.2) is 0 Å². The molecule has 0 radical (unpaired) electrons. The summed E-state index contributed by atoms with van der Waals surface area (Å²) in [7, 11) is 0. The average Bonchev–Trinajstić information content (AvgIpc) is 2.77. The Labute approximate surface area is 108 Å². The van der Waals surface area contributed by atoms with Gasteiger partial charge in [-0.05, 0) is 19.1 Å². The van der Waals surface area contributed by atoms with Gasteiger partial charge in [0.25, 0.3) is 0 Å². The normalized spacial score (nSPS) is 10.5. The Morgan fingerprint density at radius 3 is 2.76 bits per heavy atom. The fourth-order valence-corrected chi connectivity index (χ4v) is 2.80. The first kappa shape index (κ1) is 12.3. The van der Waals surface area contributed by atoms with E-state index < -0.39 is 0 Å². The van der Waals surface area contributed by atoms with Crippen molar-refractivity contribution >= 4 is 33.9 Å². The van der Waals surface area contributed by atoms with Crippen LogP contribution < -0.4 is 5.32 Å². The van der Waals surface area contributed by atoms with Gasteiger partial charge in [0.05, 0.1) is 6.61 Å². The van der Waals surface area contributed by atoms with Gasteiger partial charge in [-0.2, -0.15) is 0 Å². The number of aliphatic hydroxyl groups excluding tert-OH is 1. The summed E-state index contributed by atoms with van der Waals surface area (Å²) >= 11 is 3.00. The highest BCUT2D eigenvalue weighted by atomic mass is 32.2. The number of nitrogens with zero attached hydrogens (tertiary/aromatic N) is 2. The van der Waals surface area contributed by atoms with Gasteiger partial charge in [0, 0.05) is 11.4 Å². The molecule has 0 aliphatic rings. The molecule has 0 aliphatic heterocycles. The Morgan fingerprint density at radius 1 is 1.29 bits per heavy atom. The number of rotatable bonds is 5. The van der Waals surface area contributed by atoms with Gasteiger partial charge in [-0.1, -0.05) is 40.8 Å². The fourth-order valence-electron chi connectivity index (χ4n) is 1.21. The van der Waals surface area contributed by atoms with Crippen molar-refractivity contribution in [1.29, 1.82) is 0 Å². The van der Waals surface area contributed by atoms with Crippen molar-refractivity contribution in [2.75, 3.05) is 17.7 Å². The lowest BCUT2D eigenvalue weighted by molar-refractivity contribution is 0.322. The number of benzene rings is 1. The molecule has 6 heteroatoms. The maximum absolute atomic E-state index is 8.72. The number of hydrogen-bond donors (Lipinski definition) is 2. The lowest BCUT2D eigenvalue weighted by Crippen LogP contribution is -1.88. The van der Waals surface area contributed by atoms with E-state index in [4.69, 9.17) is 5.11 Å². The van der Waals surface area contributed by atoms with Crippen molar-refractivity contribution in [3.05, 3.63) is 29.8 Å². The molecule has 1 aromatic heterocycles. The lowest BCUT2D eigenvalue weighted by Gasteiger charge is -2.01. The first-order chi connectivity index (χ1) is 8.28. The third-order valence-electron chi connectivity index (χ3n) is 2.03. The Bertz CT molecular complexity index is 470. The zero-order chi connectivity index (χ0) is 12.1. The topological polar surface area (TPSA) is 58.0 Å². The number of aryl methyl sites for hydroxylation is 1. The van der Waals surface area contributed by atoms with E-state index in [1.807, 2.05) is 24.3 Å². The maximum Gasteiger partial charge on any atom is 0.210 e. The summed E-state index contributed by atoms with van der Waals surface area (Å²) in [6.07, 6.45) is 0. The molecule has 2 aromatic rings. The van der Waals surface area contributed by atoms with Crippen molar-refractivity contribution < 1.29 is 5.11 Å². The van der Waals surface area contributed by atoms with Crippen molar-refractivity contribution in [2.24, 2.45) is 0 Å². The van der Waals surface area contributed by atoms with Gasteiger partial charge < -0.3 is 10.4 Å².